The van der Waals surface area contributed by atoms with Gasteiger partial charge < -0.3 is 10.1 Å². The molecule has 0 saturated carbocycles. The fourth-order valence-electron chi connectivity index (χ4n) is 1.69. The third-order valence-corrected chi connectivity index (χ3v) is 3.18. The normalized spacial score (nSPS) is 9.95. The molecule has 1 aromatic carbocycles. The summed E-state index contributed by atoms with van der Waals surface area (Å²) in [5.74, 6) is 4.97. The van der Waals surface area contributed by atoms with E-state index in [-0.39, 0.29) is 10.8 Å². The van der Waals surface area contributed by atoms with Crippen LogP contribution in [-0.2, 0) is 4.79 Å². The van der Waals surface area contributed by atoms with Gasteiger partial charge in [0.15, 0.2) is 5.12 Å². The van der Waals surface area contributed by atoms with Gasteiger partial charge in [0.25, 0.3) is 0 Å². The van der Waals surface area contributed by atoms with E-state index in [0.717, 1.165) is 22.7 Å². The van der Waals surface area contributed by atoms with Gasteiger partial charge in [0.1, 0.15) is 5.69 Å². The molecule has 0 aliphatic rings. The lowest BCUT2D eigenvalue weighted by Crippen LogP contribution is -1.99. The highest BCUT2D eigenvalue weighted by molar-refractivity contribution is 8.13. The number of H-pyrrole nitrogens is 1. The van der Waals surface area contributed by atoms with Crippen molar-refractivity contribution in [2.24, 2.45) is 0 Å². The second kappa shape index (κ2) is 5.63. The lowest BCUT2D eigenvalue weighted by Gasteiger charge is -1.91. The van der Waals surface area contributed by atoms with Crippen LogP contribution in [0.25, 0.3) is 10.9 Å². The van der Waals surface area contributed by atoms with Crippen molar-refractivity contribution in [1.29, 1.82) is 0 Å². The van der Waals surface area contributed by atoms with E-state index in [9.17, 15) is 9.59 Å². The van der Waals surface area contributed by atoms with Crippen LogP contribution in [-0.4, -0.2) is 26.9 Å². The highest BCUT2D eigenvalue weighted by Crippen LogP contribution is 2.21. The summed E-state index contributed by atoms with van der Waals surface area (Å²) >= 11 is 1.10. The number of thioether (sulfide) groups is 1. The van der Waals surface area contributed by atoms with Crippen molar-refractivity contribution in [3.8, 4) is 11.8 Å². The standard InChI is InChI=1S/C14H11NO3S/c1-9(16)19-8-4-6-11-10-5-2-3-7-12(10)15-13(11)14(17)18/h2-3,5,7,15H,8H2,1H3,(H,17,18). The molecule has 0 atom stereocenters. The molecule has 0 aliphatic carbocycles. The lowest BCUT2D eigenvalue weighted by atomic mass is 10.1. The third kappa shape index (κ3) is 2.98. The number of benzene rings is 1. The van der Waals surface area contributed by atoms with E-state index in [1.165, 1.54) is 6.92 Å². The number of fused-ring (bicyclic) bond motifs is 1. The van der Waals surface area contributed by atoms with Crippen LogP contribution in [0.15, 0.2) is 24.3 Å². The Morgan fingerprint density at radius 3 is 2.79 bits per heavy atom. The Kier molecular flexibility index (Phi) is 3.93. The molecule has 5 heteroatoms. The number of para-hydroxylation sites is 1. The Morgan fingerprint density at radius 1 is 1.37 bits per heavy atom. The molecule has 2 aromatic rings. The molecule has 2 N–H and O–H groups in total. The van der Waals surface area contributed by atoms with Gasteiger partial charge in [0, 0.05) is 17.8 Å². The van der Waals surface area contributed by atoms with Crippen LogP contribution in [0.1, 0.15) is 23.0 Å². The molecule has 2 rings (SSSR count). The van der Waals surface area contributed by atoms with E-state index in [1.807, 2.05) is 18.2 Å². The highest BCUT2D eigenvalue weighted by Gasteiger charge is 2.14. The number of rotatable bonds is 2. The molecule has 0 spiro atoms. The second-order valence-corrected chi connectivity index (χ2v) is 4.96. The van der Waals surface area contributed by atoms with Crippen LogP contribution in [0, 0.1) is 11.8 Å². The maximum absolute atomic E-state index is 11.2. The van der Waals surface area contributed by atoms with Gasteiger partial charge in [0.2, 0.25) is 0 Å². The molecule has 0 amide bonds. The molecule has 4 nitrogen and oxygen atoms in total. The summed E-state index contributed by atoms with van der Waals surface area (Å²) in [7, 11) is 0. The first kappa shape index (κ1) is 13.2. The number of carboxylic acid groups (broad SMARTS) is 1. The second-order valence-electron chi connectivity index (χ2n) is 3.81. The minimum absolute atomic E-state index is 0.00770. The number of carboxylic acids is 1. The number of aromatic amines is 1. The number of nitrogens with one attached hydrogen (secondary N) is 1. The van der Waals surface area contributed by atoms with Crippen molar-refractivity contribution in [2.45, 2.75) is 6.92 Å². The summed E-state index contributed by atoms with van der Waals surface area (Å²) in [6.45, 7) is 1.47. The third-order valence-electron chi connectivity index (χ3n) is 2.48. The van der Waals surface area contributed by atoms with Gasteiger partial charge >= 0.3 is 5.97 Å². The summed E-state index contributed by atoms with van der Waals surface area (Å²) in [6, 6.07) is 7.28. The maximum atomic E-state index is 11.2. The van der Waals surface area contributed by atoms with Gasteiger partial charge in [-0.3, -0.25) is 4.79 Å². The summed E-state index contributed by atoms with van der Waals surface area (Å²) in [5, 5.41) is 9.92. The predicted octanol–water partition coefficient (Wildman–Crippen LogP) is 2.50. The van der Waals surface area contributed by atoms with Crippen molar-refractivity contribution in [2.75, 3.05) is 5.75 Å². The summed E-state index contributed by atoms with van der Waals surface area (Å²) in [4.78, 5) is 24.8. The molecular formula is C14H11NO3S. The molecule has 19 heavy (non-hydrogen) atoms. The SMILES string of the molecule is CC(=O)SCC#Cc1c(C(=O)O)[nH]c2ccccc12. The minimum Gasteiger partial charge on any atom is -0.477 e. The zero-order valence-electron chi connectivity index (χ0n) is 10.2. The number of aromatic nitrogens is 1. The first-order chi connectivity index (χ1) is 9.09. The Labute approximate surface area is 114 Å². The molecule has 1 heterocycles. The van der Waals surface area contributed by atoms with Crippen LogP contribution in [0.5, 0.6) is 0 Å². The maximum Gasteiger partial charge on any atom is 0.353 e. The molecule has 1 aromatic heterocycles. The van der Waals surface area contributed by atoms with Crippen LogP contribution < -0.4 is 0 Å². The van der Waals surface area contributed by atoms with E-state index < -0.39 is 5.97 Å². The summed E-state index contributed by atoms with van der Waals surface area (Å²) in [5.41, 5.74) is 1.29. The van der Waals surface area contributed by atoms with Gasteiger partial charge in [-0.2, -0.15) is 0 Å². The monoisotopic (exact) mass is 273 g/mol. The zero-order valence-corrected chi connectivity index (χ0v) is 11.0. The number of carbonyl (C=O) groups excluding carboxylic acids is 1. The van der Waals surface area contributed by atoms with E-state index in [1.54, 1.807) is 6.07 Å². The molecule has 0 radical (unpaired) electrons. The Hall–Kier alpha value is -2.19. The first-order valence-electron chi connectivity index (χ1n) is 5.56. The Morgan fingerprint density at radius 2 is 2.11 bits per heavy atom. The molecule has 0 bridgehead atoms. The zero-order chi connectivity index (χ0) is 13.8. The van der Waals surface area contributed by atoms with Gasteiger partial charge in [-0.1, -0.05) is 41.8 Å². The van der Waals surface area contributed by atoms with Crippen molar-refractivity contribution >= 4 is 33.7 Å². The van der Waals surface area contributed by atoms with E-state index >= 15 is 0 Å². The number of carbonyl (C=O) groups is 2. The van der Waals surface area contributed by atoms with Crippen LogP contribution in [0.4, 0.5) is 0 Å². The van der Waals surface area contributed by atoms with Gasteiger partial charge in [-0.05, 0) is 6.07 Å². The van der Waals surface area contributed by atoms with Crippen LogP contribution in [0.2, 0.25) is 0 Å². The first-order valence-corrected chi connectivity index (χ1v) is 6.54. The quantitative estimate of drug-likeness (QED) is 0.825. The summed E-state index contributed by atoms with van der Waals surface area (Å²) < 4.78 is 0. The molecule has 0 saturated heterocycles. The molecule has 0 fully saturated rings. The average molecular weight is 273 g/mol. The number of aromatic carboxylic acids is 1. The minimum atomic E-state index is -1.04. The van der Waals surface area contributed by atoms with Crippen molar-refractivity contribution in [3.63, 3.8) is 0 Å². The van der Waals surface area contributed by atoms with Crippen molar-refractivity contribution in [1.82, 2.24) is 4.98 Å². The van der Waals surface area contributed by atoms with Crippen molar-refractivity contribution in [3.05, 3.63) is 35.5 Å². The fourth-order valence-corrected chi connectivity index (χ4v) is 2.04. The van der Waals surface area contributed by atoms with E-state index in [4.69, 9.17) is 5.11 Å². The number of hydrogen-bond acceptors (Lipinski definition) is 3. The van der Waals surface area contributed by atoms with Gasteiger partial charge in [-0.15, -0.1) is 0 Å². The van der Waals surface area contributed by atoms with Crippen LogP contribution in [0.3, 0.4) is 0 Å². The number of hydrogen-bond donors (Lipinski definition) is 2. The largest absolute Gasteiger partial charge is 0.477 e. The highest BCUT2D eigenvalue weighted by atomic mass is 32.2. The molecular weight excluding hydrogens is 262 g/mol. The predicted molar refractivity (Wildman–Crippen MR) is 75.3 cm³/mol. The lowest BCUT2D eigenvalue weighted by molar-refractivity contribution is -0.109. The molecule has 0 aliphatic heterocycles. The fraction of sp³-hybridized carbons (Fsp3) is 0.143. The van der Waals surface area contributed by atoms with Gasteiger partial charge in [-0.25, -0.2) is 4.79 Å². The smallest absolute Gasteiger partial charge is 0.353 e. The van der Waals surface area contributed by atoms with Crippen LogP contribution >= 0.6 is 11.8 Å². The topological polar surface area (TPSA) is 70.2 Å². The van der Waals surface area contributed by atoms with Crippen molar-refractivity contribution < 1.29 is 14.7 Å². The van der Waals surface area contributed by atoms with E-state index in [2.05, 4.69) is 16.8 Å². The Balaban J connectivity index is 2.42. The summed E-state index contributed by atoms with van der Waals surface area (Å²) in [6.07, 6.45) is 0. The molecule has 96 valence electrons. The van der Waals surface area contributed by atoms with Gasteiger partial charge in [0.05, 0.1) is 11.3 Å². The van der Waals surface area contributed by atoms with E-state index in [0.29, 0.717) is 11.3 Å². The average Bonchev–Trinajstić information content (AvgIpc) is 2.73. The molecule has 0 unspecified atom stereocenters. The Bertz CT molecular complexity index is 706.